The van der Waals surface area contributed by atoms with Crippen LogP contribution in [0.5, 0.6) is 0 Å². The third-order valence-corrected chi connectivity index (χ3v) is 4.39. The predicted octanol–water partition coefficient (Wildman–Crippen LogP) is 1.27. The molecule has 2 heterocycles. The van der Waals surface area contributed by atoms with Gasteiger partial charge < -0.3 is 5.11 Å². The maximum atomic E-state index is 12.0. The minimum Gasteiger partial charge on any atom is -0.394 e. The fourth-order valence-corrected chi connectivity index (χ4v) is 2.65. The topological polar surface area (TPSA) is 57.8 Å². The van der Waals surface area contributed by atoms with Crippen molar-refractivity contribution >= 4 is 16.3 Å². The average Bonchev–Trinajstić information content (AvgIpc) is 2.71. The molecule has 0 aromatic carbocycles. The van der Waals surface area contributed by atoms with Crippen molar-refractivity contribution in [2.45, 2.75) is 32.9 Å². The Hall–Kier alpha value is -1.24. The Morgan fingerprint density at radius 3 is 2.84 bits per heavy atom. The third kappa shape index (κ3) is 2.70. The molecule has 0 aliphatic rings. The second-order valence-corrected chi connectivity index (χ2v) is 6.24. The predicted molar refractivity (Wildman–Crippen MR) is 76.7 cm³/mol. The number of likely N-dealkylation sites (N-methyl/N-ethyl adjacent to an activating group) is 1. The van der Waals surface area contributed by atoms with Crippen LogP contribution < -0.4 is 5.56 Å². The molecule has 5 nitrogen and oxygen atoms in total. The fraction of sp³-hybridized carbons (Fsp3) is 0.538. The molecule has 0 fully saturated rings. The smallest absolute Gasteiger partial charge is 0.259 e. The van der Waals surface area contributed by atoms with E-state index in [1.807, 2.05) is 38.1 Å². The Morgan fingerprint density at radius 2 is 2.21 bits per heavy atom. The highest BCUT2D eigenvalue weighted by Crippen LogP contribution is 2.16. The molecule has 0 saturated heterocycles. The number of aromatic nitrogens is 2. The highest BCUT2D eigenvalue weighted by Gasteiger charge is 2.23. The van der Waals surface area contributed by atoms with E-state index in [0.717, 1.165) is 16.3 Å². The number of hydrogen-bond acceptors (Lipinski definition) is 5. The quantitative estimate of drug-likeness (QED) is 0.917. The van der Waals surface area contributed by atoms with E-state index in [9.17, 15) is 9.90 Å². The summed E-state index contributed by atoms with van der Waals surface area (Å²) in [5, 5.41) is 11.3. The molecule has 0 aliphatic carbocycles. The first-order valence-electron chi connectivity index (χ1n) is 6.14. The highest BCUT2D eigenvalue weighted by molar-refractivity contribution is 7.15. The summed E-state index contributed by atoms with van der Waals surface area (Å²) in [6.45, 7) is 6.40. The molecular weight excluding hydrogens is 262 g/mol. The molecule has 0 saturated carbocycles. The lowest BCUT2D eigenvalue weighted by Crippen LogP contribution is -2.44. The molecule has 2 rings (SSSR count). The van der Waals surface area contributed by atoms with Crippen LogP contribution in [0.1, 0.15) is 25.2 Å². The zero-order valence-corrected chi connectivity index (χ0v) is 12.5. The van der Waals surface area contributed by atoms with Crippen LogP contribution in [-0.4, -0.2) is 38.6 Å². The first kappa shape index (κ1) is 14.2. The first-order valence-corrected chi connectivity index (χ1v) is 7.02. The molecule has 0 aliphatic heterocycles. The lowest BCUT2D eigenvalue weighted by molar-refractivity contribution is 0.0725. The van der Waals surface area contributed by atoms with Gasteiger partial charge in [0.05, 0.1) is 12.3 Å². The fourth-order valence-electron chi connectivity index (χ4n) is 1.76. The molecule has 2 aromatic rings. The summed E-state index contributed by atoms with van der Waals surface area (Å²) in [6.07, 6.45) is 0. The molecule has 0 radical (unpaired) electrons. The Bertz CT molecular complexity index is 645. The van der Waals surface area contributed by atoms with E-state index in [0.29, 0.717) is 6.54 Å². The number of rotatable bonds is 4. The van der Waals surface area contributed by atoms with Gasteiger partial charge in [0.1, 0.15) is 0 Å². The number of nitrogens with zero attached hydrogens (tertiary/aromatic N) is 3. The number of aliphatic hydroxyl groups excluding tert-OH is 1. The van der Waals surface area contributed by atoms with Crippen LogP contribution in [-0.2, 0) is 6.54 Å². The molecule has 19 heavy (non-hydrogen) atoms. The molecule has 104 valence electrons. The van der Waals surface area contributed by atoms with Crippen molar-refractivity contribution in [1.82, 2.24) is 14.3 Å². The van der Waals surface area contributed by atoms with E-state index >= 15 is 0 Å². The van der Waals surface area contributed by atoms with E-state index in [2.05, 4.69) is 4.98 Å². The summed E-state index contributed by atoms with van der Waals surface area (Å²) < 4.78 is 1.62. The Morgan fingerprint density at radius 1 is 1.53 bits per heavy atom. The molecule has 6 heteroatoms. The van der Waals surface area contributed by atoms with Crippen LogP contribution in [0.4, 0.5) is 0 Å². The van der Waals surface area contributed by atoms with E-state index in [-0.39, 0.29) is 17.7 Å². The molecule has 2 aromatic heterocycles. The lowest BCUT2D eigenvalue weighted by atomic mass is 10.1. The van der Waals surface area contributed by atoms with Crippen molar-refractivity contribution in [3.05, 3.63) is 33.2 Å². The second kappa shape index (κ2) is 5.03. The van der Waals surface area contributed by atoms with Crippen molar-refractivity contribution in [2.24, 2.45) is 0 Å². The summed E-state index contributed by atoms with van der Waals surface area (Å²) in [5.74, 6) is 0. The second-order valence-electron chi connectivity index (χ2n) is 5.41. The van der Waals surface area contributed by atoms with E-state index in [4.69, 9.17) is 0 Å². The normalized spacial score (nSPS) is 12.5. The van der Waals surface area contributed by atoms with Crippen molar-refractivity contribution in [3.63, 3.8) is 0 Å². The minimum absolute atomic E-state index is 0.0473. The molecule has 0 bridgehead atoms. The van der Waals surface area contributed by atoms with Crippen LogP contribution in [0.3, 0.4) is 0 Å². The highest BCUT2D eigenvalue weighted by atomic mass is 32.1. The number of aliphatic hydroxyl groups is 1. The summed E-state index contributed by atoms with van der Waals surface area (Å²) in [5.41, 5.74) is 1.26. The maximum absolute atomic E-state index is 12.0. The van der Waals surface area contributed by atoms with E-state index in [1.165, 1.54) is 11.3 Å². The van der Waals surface area contributed by atoms with Gasteiger partial charge in [-0.2, -0.15) is 0 Å². The summed E-state index contributed by atoms with van der Waals surface area (Å²) in [6, 6.07) is 1.57. The van der Waals surface area contributed by atoms with Crippen LogP contribution in [0.15, 0.2) is 16.2 Å². The number of thiazole rings is 1. The summed E-state index contributed by atoms with van der Waals surface area (Å²) in [4.78, 5) is 19.3. The van der Waals surface area contributed by atoms with Crippen molar-refractivity contribution < 1.29 is 5.11 Å². The molecule has 0 spiro atoms. The largest absolute Gasteiger partial charge is 0.394 e. The van der Waals surface area contributed by atoms with Gasteiger partial charge in [-0.25, -0.2) is 4.98 Å². The standard InChI is InChI=1S/C13H19N3O2S/c1-9-7-19-12-14-10(5-11(18)16(9)12)6-15(4)13(2,3)8-17/h5,7,17H,6,8H2,1-4H3. The number of fused-ring (bicyclic) bond motifs is 1. The van der Waals surface area contributed by atoms with Gasteiger partial charge in [-0.3, -0.25) is 14.1 Å². The van der Waals surface area contributed by atoms with Gasteiger partial charge in [0, 0.05) is 29.2 Å². The number of aryl methyl sites for hydroxylation is 1. The van der Waals surface area contributed by atoms with Gasteiger partial charge in [0.25, 0.3) is 5.56 Å². The zero-order chi connectivity index (χ0) is 14.2. The lowest BCUT2D eigenvalue weighted by Gasteiger charge is -2.33. The SMILES string of the molecule is Cc1csc2nc(CN(C)C(C)(C)CO)cc(=O)n12. The van der Waals surface area contributed by atoms with Gasteiger partial charge in [0.15, 0.2) is 4.96 Å². The van der Waals surface area contributed by atoms with Crippen molar-refractivity contribution in [1.29, 1.82) is 0 Å². The van der Waals surface area contributed by atoms with Gasteiger partial charge in [-0.15, -0.1) is 11.3 Å². The Labute approximate surface area is 116 Å². The third-order valence-electron chi connectivity index (χ3n) is 3.45. The zero-order valence-electron chi connectivity index (χ0n) is 11.7. The van der Waals surface area contributed by atoms with E-state index < -0.39 is 0 Å². The van der Waals surface area contributed by atoms with Crippen LogP contribution in [0, 0.1) is 6.92 Å². The number of hydrogen-bond donors (Lipinski definition) is 1. The Balaban J connectivity index is 2.35. The van der Waals surface area contributed by atoms with Gasteiger partial charge in [0.2, 0.25) is 0 Å². The molecule has 0 amide bonds. The molecule has 0 unspecified atom stereocenters. The summed E-state index contributed by atoms with van der Waals surface area (Å²) in [7, 11) is 1.92. The van der Waals surface area contributed by atoms with Crippen LogP contribution in [0.2, 0.25) is 0 Å². The van der Waals surface area contributed by atoms with Crippen molar-refractivity contribution in [2.75, 3.05) is 13.7 Å². The van der Waals surface area contributed by atoms with E-state index in [1.54, 1.807) is 10.5 Å². The van der Waals surface area contributed by atoms with Crippen LogP contribution >= 0.6 is 11.3 Å². The van der Waals surface area contributed by atoms with Crippen LogP contribution in [0.25, 0.3) is 4.96 Å². The maximum Gasteiger partial charge on any atom is 0.259 e. The monoisotopic (exact) mass is 281 g/mol. The van der Waals surface area contributed by atoms with Gasteiger partial charge in [-0.1, -0.05) is 0 Å². The first-order chi connectivity index (χ1) is 8.85. The van der Waals surface area contributed by atoms with Crippen molar-refractivity contribution in [3.8, 4) is 0 Å². The summed E-state index contributed by atoms with van der Waals surface area (Å²) >= 11 is 1.47. The molecule has 0 atom stereocenters. The van der Waals surface area contributed by atoms with Gasteiger partial charge >= 0.3 is 0 Å². The minimum atomic E-state index is -0.335. The molecular formula is C13H19N3O2S. The molecule has 1 N–H and O–H groups in total. The Kier molecular flexibility index (Phi) is 3.75. The van der Waals surface area contributed by atoms with Gasteiger partial charge in [-0.05, 0) is 27.8 Å². The average molecular weight is 281 g/mol.